The number of urea groups is 1. The Morgan fingerprint density at radius 3 is 2.86 bits per heavy atom. The summed E-state index contributed by atoms with van der Waals surface area (Å²) in [5.74, 6) is 2.12. The molecule has 0 spiro atoms. The highest BCUT2D eigenvalue weighted by Gasteiger charge is 2.16. The average Bonchev–Trinajstić information content (AvgIpc) is 3.27. The van der Waals surface area contributed by atoms with Gasteiger partial charge >= 0.3 is 6.03 Å². The van der Waals surface area contributed by atoms with Gasteiger partial charge in [0.15, 0.2) is 17.3 Å². The molecule has 0 radical (unpaired) electrons. The minimum Gasteiger partial charge on any atom is -0.486 e. The average molecular weight is 379 g/mol. The summed E-state index contributed by atoms with van der Waals surface area (Å²) in [6.07, 6.45) is 5.20. The molecule has 0 bridgehead atoms. The lowest BCUT2D eigenvalue weighted by atomic mass is 10.1. The van der Waals surface area contributed by atoms with Gasteiger partial charge in [0.2, 0.25) is 0 Å². The molecule has 4 rings (SSSR count). The number of benzene rings is 1. The van der Waals surface area contributed by atoms with Crippen molar-refractivity contribution in [2.75, 3.05) is 13.2 Å². The number of carbonyl (C=O) groups is 1. The normalized spacial score (nSPS) is 13.6. The van der Waals surface area contributed by atoms with E-state index in [2.05, 4.69) is 20.7 Å². The molecule has 2 amide bonds. The first-order valence-electron chi connectivity index (χ1n) is 9.08. The van der Waals surface area contributed by atoms with Crippen LogP contribution in [0.1, 0.15) is 24.1 Å². The van der Waals surface area contributed by atoms with Crippen molar-refractivity contribution in [2.45, 2.75) is 19.5 Å². The van der Waals surface area contributed by atoms with Crippen LogP contribution < -0.4 is 20.1 Å². The largest absolute Gasteiger partial charge is 0.486 e. The molecule has 3 heterocycles. The standard InChI is InChI=1S/C20H21N5O3/c1-14(15-5-6-17-18(12-15)28-11-10-27-17)24-20(26)22-13-16-4-2-7-21-19(16)25-9-3-8-23-25/h2-9,12,14H,10-11,13H2,1H3,(H2,22,24,26). The molecule has 2 aromatic heterocycles. The monoisotopic (exact) mass is 379 g/mol. The number of aromatic nitrogens is 3. The van der Waals surface area contributed by atoms with E-state index in [0.29, 0.717) is 31.3 Å². The quantitative estimate of drug-likeness (QED) is 0.711. The number of pyridine rings is 1. The molecule has 2 N–H and O–H groups in total. The lowest BCUT2D eigenvalue weighted by Gasteiger charge is -2.21. The number of carbonyl (C=O) groups excluding carboxylic acids is 1. The minimum atomic E-state index is -0.266. The lowest BCUT2D eigenvalue weighted by Crippen LogP contribution is -2.36. The zero-order valence-electron chi connectivity index (χ0n) is 15.5. The van der Waals surface area contributed by atoms with Crippen LogP contribution in [0.5, 0.6) is 11.5 Å². The van der Waals surface area contributed by atoms with E-state index in [0.717, 1.165) is 16.9 Å². The van der Waals surface area contributed by atoms with Crippen LogP contribution in [-0.4, -0.2) is 34.0 Å². The first-order chi connectivity index (χ1) is 13.7. The topological polar surface area (TPSA) is 90.3 Å². The molecule has 8 heteroatoms. The number of hydrogen-bond acceptors (Lipinski definition) is 5. The Hall–Kier alpha value is -3.55. The first kappa shape index (κ1) is 17.8. The molecule has 144 valence electrons. The van der Waals surface area contributed by atoms with E-state index < -0.39 is 0 Å². The fraction of sp³-hybridized carbons (Fsp3) is 0.250. The fourth-order valence-electron chi connectivity index (χ4n) is 3.00. The Kier molecular flexibility index (Phi) is 5.09. The predicted molar refractivity (Wildman–Crippen MR) is 103 cm³/mol. The number of rotatable bonds is 5. The molecule has 28 heavy (non-hydrogen) atoms. The molecule has 1 unspecified atom stereocenters. The molecular weight excluding hydrogens is 358 g/mol. The summed E-state index contributed by atoms with van der Waals surface area (Å²) < 4.78 is 12.8. The van der Waals surface area contributed by atoms with Crippen LogP contribution in [-0.2, 0) is 6.54 Å². The van der Waals surface area contributed by atoms with Crippen LogP contribution in [0.2, 0.25) is 0 Å². The number of fused-ring (bicyclic) bond motifs is 1. The Labute approximate surface area is 162 Å². The van der Waals surface area contributed by atoms with Crippen molar-refractivity contribution < 1.29 is 14.3 Å². The van der Waals surface area contributed by atoms with Crippen molar-refractivity contribution in [1.82, 2.24) is 25.4 Å². The van der Waals surface area contributed by atoms with Crippen molar-refractivity contribution in [3.8, 4) is 17.3 Å². The third-order valence-electron chi connectivity index (χ3n) is 4.44. The highest BCUT2D eigenvalue weighted by Crippen LogP contribution is 2.32. The fourth-order valence-corrected chi connectivity index (χ4v) is 3.00. The SMILES string of the molecule is CC(NC(=O)NCc1cccnc1-n1cccn1)c1ccc2c(c1)OCCO2. The van der Waals surface area contributed by atoms with Crippen molar-refractivity contribution in [2.24, 2.45) is 0 Å². The zero-order valence-corrected chi connectivity index (χ0v) is 15.5. The van der Waals surface area contributed by atoms with Gasteiger partial charge in [-0.1, -0.05) is 12.1 Å². The Morgan fingerprint density at radius 1 is 1.18 bits per heavy atom. The number of nitrogens with one attached hydrogen (secondary N) is 2. The van der Waals surface area contributed by atoms with Crippen LogP contribution in [0.3, 0.4) is 0 Å². The maximum absolute atomic E-state index is 12.4. The number of ether oxygens (including phenoxy) is 2. The van der Waals surface area contributed by atoms with E-state index in [1.807, 2.05) is 49.5 Å². The van der Waals surface area contributed by atoms with Crippen LogP contribution in [0.4, 0.5) is 4.79 Å². The number of nitrogens with zero attached hydrogens (tertiary/aromatic N) is 3. The molecule has 0 saturated heterocycles. The second-order valence-corrected chi connectivity index (χ2v) is 6.39. The van der Waals surface area contributed by atoms with E-state index in [1.54, 1.807) is 17.1 Å². The minimum absolute atomic E-state index is 0.185. The Bertz CT molecular complexity index is 958. The van der Waals surface area contributed by atoms with Crippen LogP contribution >= 0.6 is 0 Å². The molecule has 3 aromatic rings. The third kappa shape index (κ3) is 3.90. The summed E-state index contributed by atoms with van der Waals surface area (Å²) in [6.45, 7) is 3.34. The molecule has 1 aliphatic heterocycles. The van der Waals surface area contributed by atoms with E-state index in [9.17, 15) is 4.79 Å². The molecule has 0 saturated carbocycles. The summed E-state index contributed by atoms with van der Waals surface area (Å²) in [4.78, 5) is 16.7. The first-order valence-corrected chi connectivity index (χ1v) is 9.08. The zero-order chi connectivity index (χ0) is 19.3. The van der Waals surface area contributed by atoms with E-state index >= 15 is 0 Å². The number of hydrogen-bond donors (Lipinski definition) is 2. The maximum atomic E-state index is 12.4. The molecule has 0 aliphatic carbocycles. The second-order valence-electron chi connectivity index (χ2n) is 6.39. The molecule has 0 fully saturated rings. The molecule has 1 aromatic carbocycles. The molecular formula is C20H21N5O3. The van der Waals surface area contributed by atoms with Crippen LogP contribution in [0.15, 0.2) is 55.0 Å². The summed E-state index contributed by atoms with van der Waals surface area (Å²) in [5, 5.41) is 10.0. The van der Waals surface area contributed by atoms with Gasteiger partial charge in [-0.15, -0.1) is 0 Å². The summed E-state index contributed by atoms with van der Waals surface area (Å²) in [7, 11) is 0. The highest BCUT2D eigenvalue weighted by molar-refractivity contribution is 5.74. The van der Waals surface area contributed by atoms with Gasteiger partial charge in [0, 0.05) is 30.7 Å². The van der Waals surface area contributed by atoms with Gasteiger partial charge < -0.3 is 20.1 Å². The summed E-state index contributed by atoms with van der Waals surface area (Å²) >= 11 is 0. The molecule has 1 aliphatic rings. The van der Waals surface area contributed by atoms with E-state index in [4.69, 9.17) is 9.47 Å². The van der Waals surface area contributed by atoms with Gasteiger partial charge in [0.25, 0.3) is 0 Å². The Balaban J connectivity index is 1.38. The summed E-state index contributed by atoms with van der Waals surface area (Å²) in [5.41, 5.74) is 1.81. The lowest BCUT2D eigenvalue weighted by molar-refractivity contribution is 0.171. The van der Waals surface area contributed by atoms with Crippen LogP contribution in [0, 0.1) is 0 Å². The van der Waals surface area contributed by atoms with E-state index in [1.165, 1.54) is 0 Å². The summed E-state index contributed by atoms with van der Waals surface area (Å²) in [6, 6.07) is 10.8. The maximum Gasteiger partial charge on any atom is 0.315 e. The van der Waals surface area contributed by atoms with Gasteiger partial charge in [-0.05, 0) is 36.8 Å². The smallest absolute Gasteiger partial charge is 0.315 e. The number of amides is 2. The molecule has 8 nitrogen and oxygen atoms in total. The Morgan fingerprint density at radius 2 is 2.04 bits per heavy atom. The van der Waals surface area contributed by atoms with Gasteiger partial charge in [-0.2, -0.15) is 5.10 Å². The van der Waals surface area contributed by atoms with Gasteiger partial charge in [0.05, 0.1) is 6.04 Å². The second kappa shape index (κ2) is 7.99. The predicted octanol–water partition coefficient (Wildman–Crippen LogP) is 2.60. The van der Waals surface area contributed by atoms with E-state index in [-0.39, 0.29) is 12.1 Å². The van der Waals surface area contributed by atoms with Crippen molar-refractivity contribution in [1.29, 1.82) is 0 Å². The van der Waals surface area contributed by atoms with Gasteiger partial charge in [0.1, 0.15) is 13.2 Å². The molecule has 1 atom stereocenters. The van der Waals surface area contributed by atoms with Crippen LogP contribution in [0.25, 0.3) is 5.82 Å². The van der Waals surface area contributed by atoms with Crippen molar-refractivity contribution in [3.05, 3.63) is 66.1 Å². The third-order valence-corrected chi connectivity index (χ3v) is 4.44. The van der Waals surface area contributed by atoms with Crippen molar-refractivity contribution in [3.63, 3.8) is 0 Å². The van der Waals surface area contributed by atoms with Crippen molar-refractivity contribution >= 4 is 6.03 Å². The highest BCUT2D eigenvalue weighted by atomic mass is 16.6. The van der Waals surface area contributed by atoms with Gasteiger partial charge in [-0.25, -0.2) is 14.5 Å². The van der Waals surface area contributed by atoms with Gasteiger partial charge in [-0.3, -0.25) is 0 Å².